The number of amides is 4. The van der Waals surface area contributed by atoms with Crippen molar-refractivity contribution in [2.24, 2.45) is 0 Å². The highest BCUT2D eigenvalue weighted by molar-refractivity contribution is 6.09. The van der Waals surface area contributed by atoms with Gasteiger partial charge in [-0.15, -0.1) is 0 Å². The molecule has 1 aromatic carbocycles. The maximum atomic E-state index is 13.4. The van der Waals surface area contributed by atoms with Crippen molar-refractivity contribution >= 4 is 17.8 Å². The summed E-state index contributed by atoms with van der Waals surface area (Å²) in [4.78, 5) is 42.0. The second-order valence-corrected chi connectivity index (χ2v) is 8.21. The number of hydrogen-bond donors (Lipinski definition) is 1. The first-order valence-electron chi connectivity index (χ1n) is 10.6. The smallest absolute Gasteiger partial charge is 0.325 e. The lowest BCUT2D eigenvalue weighted by Gasteiger charge is -2.35. The molecule has 1 aromatic rings. The van der Waals surface area contributed by atoms with E-state index in [1.807, 2.05) is 36.1 Å². The Balaban J connectivity index is 1.54. The van der Waals surface area contributed by atoms with Gasteiger partial charge in [0.15, 0.2) is 0 Å². The van der Waals surface area contributed by atoms with Gasteiger partial charge in [-0.1, -0.05) is 43.5 Å². The van der Waals surface area contributed by atoms with Crippen LogP contribution in [0.15, 0.2) is 24.3 Å². The number of aryl methyl sites for hydroxylation is 1. The molecule has 1 spiro atoms. The Bertz CT molecular complexity index is 787. The third-order valence-corrected chi connectivity index (χ3v) is 6.62. The molecule has 1 saturated carbocycles. The van der Waals surface area contributed by atoms with Crippen molar-refractivity contribution in [3.05, 3.63) is 35.4 Å². The topological polar surface area (TPSA) is 69.7 Å². The maximum absolute atomic E-state index is 13.4. The summed E-state index contributed by atoms with van der Waals surface area (Å²) in [6.07, 6.45) is 7.85. The molecule has 6 nitrogen and oxygen atoms in total. The fourth-order valence-corrected chi connectivity index (χ4v) is 5.21. The highest BCUT2D eigenvalue weighted by Crippen LogP contribution is 2.39. The summed E-state index contributed by atoms with van der Waals surface area (Å²) >= 11 is 0. The minimum atomic E-state index is -1.01. The molecule has 1 N–H and O–H groups in total. The minimum absolute atomic E-state index is 0.126. The van der Waals surface area contributed by atoms with Crippen molar-refractivity contribution in [2.75, 3.05) is 13.1 Å². The van der Waals surface area contributed by atoms with Gasteiger partial charge in [0.05, 0.1) is 0 Å². The van der Waals surface area contributed by atoms with Crippen LogP contribution in [0.25, 0.3) is 0 Å². The molecule has 3 aliphatic rings. The molecular weight excluding hydrogens is 354 g/mol. The molecule has 0 unspecified atom stereocenters. The SMILES string of the molecule is CCN(C(=O)CN1C(=O)N[C@@]2(CCCc3ccccc32)C1=O)C1CCCCC1. The van der Waals surface area contributed by atoms with Crippen LogP contribution in [0.2, 0.25) is 0 Å². The molecule has 1 heterocycles. The number of urea groups is 1. The van der Waals surface area contributed by atoms with Crippen molar-refractivity contribution in [1.82, 2.24) is 15.1 Å². The van der Waals surface area contributed by atoms with E-state index in [4.69, 9.17) is 0 Å². The Kier molecular flexibility index (Phi) is 5.13. The molecule has 0 radical (unpaired) electrons. The number of benzene rings is 1. The van der Waals surface area contributed by atoms with Gasteiger partial charge in [-0.05, 0) is 50.2 Å². The number of hydrogen-bond acceptors (Lipinski definition) is 3. The van der Waals surface area contributed by atoms with Crippen LogP contribution in [0.4, 0.5) is 4.79 Å². The van der Waals surface area contributed by atoms with Crippen LogP contribution in [-0.2, 0) is 21.5 Å². The van der Waals surface area contributed by atoms with Gasteiger partial charge in [-0.25, -0.2) is 4.79 Å². The van der Waals surface area contributed by atoms with E-state index < -0.39 is 11.6 Å². The van der Waals surface area contributed by atoms with E-state index in [0.29, 0.717) is 13.0 Å². The molecule has 0 aromatic heterocycles. The number of nitrogens with zero attached hydrogens (tertiary/aromatic N) is 2. The van der Waals surface area contributed by atoms with Gasteiger partial charge in [-0.2, -0.15) is 0 Å². The molecule has 2 fully saturated rings. The lowest BCUT2D eigenvalue weighted by Crippen LogP contribution is -2.49. The van der Waals surface area contributed by atoms with Crippen LogP contribution in [0.5, 0.6) is 0 Å². The van der Waals surface area contributed by atoms with Crippen molar-refractivity contribution in [3.63, 3.8) is 0 Å². The van der Waals surface area contributed by atoms with E-state index in [-0.39, 0.29) is 24.4 Å². The van der Waals surface area contributed by atoms with Gasteiger partial charge < -0.3 is 10.2 Å². The predicted octanol–water partition coefficient (Wildman–Crippen LogP) is 2.95. The van der Waals surface area contributed by atoms with Crippen molar-refractivity contribution in [2.45, 2.75) is 69.9 Å². The Morgan fingerprint density at radius 1 is 1.18 bits per heavy atom. The molecule has 2 aliphatic carbocycles. The number of likely N-dealkylation sites (N-methyl/N-ethyl adjacent to an activating group) is 1. The highest BCUT2D eigenvalue weighted by Gasteiger charge is 2.54. The number of imide groups is 1. The van der Waals surface area contributed by atoms with Gasteiger partial charge in [0.25, 0.3) is 5.91 Å². The Labute approximate surface area is 166 Å². The number of nitrogens with one attached hydrogen (secondary N) is 1. The molecule has 4 rings (SSSR count). The molecular formula is C22H29N3O3. The summed E-state index contributed by atoms with van der Waals surface area (Å²) in [5.41, 5.74) is 0.982. The first kappa shape index (κ1) is 19.0. The van der Waals surface area contributed by atoms with Gasteiger partial charge in [0, 0.05) is 12.6 Å². The third-order valence-electron chi connectivity index (χ3n) is 6.62. The second-order valence-electron chi connectivity index (χ2n) is 8.21. The van der Waals surface area contributed by atoms with Crippen LogP contribution in [0, 0.1) is 0 Å². The van der Waals surface area contributed by atoms with Gasteiger partial charge in [0.2, 0.25) is 5.91 Å². The lowest BCUT2D eigenvalue weighted by atomic mass is 9.76. The molecule has 28 heavy (non-hydrogen) atoms. The number of carbonyl (C=O) groups excluding carboxylic acids is 3. The summed E-state index contributed by atoms with van der Waals surface area (Å²) in [7, 11) is 0. The fourth-order valence-electron chi connectivity index (χ4n) is 5.21. The average molecular weight is 383 g/mol. The number of fused-ring (bicyclic) bond motifs is 2. The first-order valence-corrected chi connectivity index (χ1v) is 10.6. The zero-order valence-electron chi connectivity index (χ0n) is 16.6. The molecule has 0 bridgehead atoms. The van der Waals surface area contributed by atoms with Crippen molar-refractivity contribution < 1.29 is 14.4 Å². The summed E-state index contributed by atoms with van der Waals surface area (Å²) in [6.45, 7) is 2.41. The van der Waals surface area contributed by atoms with Crippen LogP contribution in [0.1, 0.15) is 63.0 Å². The Morgan fingerprint density at radius 2 is 1.93 bits per heavy atom. The van der Waals surface area contributed by atoms with Crippen LogP contribution in [-0.4, -0.2) is 46.8 Å². The minimum Gasteiger partial charge on any atom is -0.338 e. The lowest BCUT2D eigenvalue weighted by molar-refractivity contribution is -0.141. The Hall–Kier alpha value is -2.37. The van der Waals surface area contributed by atoms with Crippen LogP contribution >= 0.6 is 0 Å². The largest absolute Gasteiger partial charge is 0.338 e. The zero-order valence-corrected chi connectivity index (χ0v) is 16.6. The van der Waals surface area contributed by atoms with Crippen LogP contribution < -0.4 is 5.32 Å². The van der Waals surface area contributed by atoms with Crippen molar-refractivity contribution in [1.29, 1.82) is 0 Å². The van der Waals surface area contributed by atoms with E-state index in [2.05, 4.69) is 5.32 Å². The van der Waals surface area contributed by atoms with Crippen LogP contribution in [0.3, 0.4) is 0 Å². The number of carbonyl (C=O) groups is 3. The molecule has 6 heteroatoms. The van der Waals surface area contributed by atoms with Gasteiger partial charge in [0.1, 0.15) is 12.1 Å². The van der Waals surface area contributed by atoms with Gasteiger partial charge in [-0.3, -0.25) is 14.5 Å². The van der Waals surface area contributed by atoms with E-state index in [1.165, 1.54) is 6.42 Å². The molecule has 150 valence electrons. The maximum Gasteiger partial charge on any atom is 0.325 e. The summed E-state index contributed by atoms with van der Waals surface area (Å²) in [5.74, 6) is -0.406. The second kappa shape index (κ2) is 7.57. The third kappa shape index (κ3) is 3.09. The van der Waals surface area contributed by atoms with Crippen molar-refractivity contribution in [3.8, 4) is 0 Å². The van der Waals surface area contributed by atoms with Gasteiger partial charge >= 0.3 is 6.03 Å². The highest BCUT2D eigenvalue weighted by atomic mass is 16.2. The molecule has 1 aliphatic heterocycles. The van der Waals surface area contributed by atoms with E-state index >= 15 is 0 Å². The monoisotopic (exact) mass is 383 g/mol. The standard InChI is InChI=1S/C22H29N3O3/c1-2-24(17-11-4-3-5-12-17)19(26)15-25-20(27)22(23-21(25)28)14-8-10-16-9-6-7-13-18(16)22/h6-7,9,13,17H,2-5,8,10-12,14-15H2,1H3,(H,23,28)/t22-/m1/s1. The predicted molar refractivity (Wildman–Crippen MR) is 106 cm³/mol. The molecule has 1 saturated heterocycles. The quantitative estimate of drug-likeness (QED) is 0.813. The summed E-state index contributed by atoms with van der Waals surface area (Å²) < 4.78 is 0. The zero-order chi connectivity index (χ0) is 19.7. The fraction of sp³-hybridized carbons (Fsp3) is 0.591. The average Bonchev–Trinajstić information content (AvgIpc) is 2.94. The van der Waals surface area contributed by atoms with E-state index in [0.717, 1.165) is 54.6 Å². The summed E-state index contributed by atoms with van der Waals surface area (Å²) in [5, 5.41) is 2.93. The summed E-state index contributed by atoms with van der Waals surface area (Å²) in [6, 6.07) is 7.60. The Morgan fingerprint density at radius 3 is 2.68 bits per heavy atom. The normalized spacial score (nSPS) is 25.0. The molecule has 4 amide bonds. The number of rotatable bonds is 4. The first-order chi connectivity index (χ1) is 13.6. The van der Waals surface area contributed by atoms with E-state index in [9.17, 15) is 14.4 Å². The van der Waals surface area contributed by atoms with E-state index in [1.54, 1.807) is 0 Å². The molecule has 1 atom stereocenters.